The van der Waals surface area contributed by atoms with Crippen molar-refractivity contribution in [1.29, 1.82) is 0 Å². The van der Waals surface area contributed by atoms with E-state index in [4.69, 9.17) is 5.11 Å². The van der Waals surface area contributed by atoms with E-state index in [2.05, 4.69) is 4.98 Å². The quantitative estimate of drug-likeness (QED) is 0.913. The van der Waals surface area contributed by atoms with Crippen LogP contribution in [0.2, 0.25) is 0 Å². The Balaban J connectivity index is 2.03. The number of hydrogen-bond acceptors (Lipinski definition) is 4. The monoisotopic (exact) mass is 282 g/mol. The van der Waals surface area contributed by atoms with Gasteiger partial charge in [-0.1, -0.05) is 13.8 Å². The number of rotatable bonds is 4. The fourth-order valence-corrected chi connectivity index (χ4v) is 3.44. The minimum absolute atomic E-state index is 0.0940. The number of aliphatic carboxylic acids is 1. The van der Waals surface area contributed by atoms with E-state index in [-0.39, 0.29) is 5.91 Å². The number of aryl methyl sites for hydroxylation is 1. The number of nitrogens with zero attached hydrogens (tertiary/aromatic N) is 2. The number of aromatic nitrogens is 1. The van der Waals surface area contributed by atoms with Gasteiger partial charge in [-0.15, -0.1) is 11.3 Å². The summed E-state index contributed by atoms with van der Waals surface area (Å²) in [6.45, 7) is 6.07. The first-order valence-electron chi connectivity index (χ1n) is 6.14. The maximum absolute atomic E-state index is 12.3. The Morgan fingerprint density at radius 1 is 1.47 bits per heavy atom. The highest BCUT2D eigenvalue weighted by molar-refractivity contribution is 7.11. The Morgan fingerprint density at radius 3 is 2.53 bits per heavy atom. The van der Waals surface area contributed by atoms with Crippen LogP contribution < -0.4 is 0 Å². The van der Waals surface area contributed by atoms with E-state index >= 15 is 0 Å². The van der Waals surface area contributed by atoms with E-state index in [1.165, 1.54) is 0 Å². The number of carboxylic acid groups (broad SMARTS) is 1. The molecule has 2 rings (SSSR count). The molecule has 104 valence electrons. The molecule has 0 unspecified atom stereocenters. The third kappa shape index (κ3) is 2.49. The molecule has 0 saturated heterocycles. The van der Waals surface area contributed by atoms with Crippen molar-refractivity contribution in [2.24, 2.45) is 17.3 Å². The van der Waals surface area contributed by atoms with Crippen LogP contribution in [0.25, 0.3) is 0 Å². The van der Waals surface area contributed by atoms with Gasteiger partial charge in [0.2, 0.25) is 5.91 Å². The molecule has 0 radical (unpaired) electrons. The van der Waals surface area contributed by atoms with Gasteiger partial charge in [-0.05, 0) is 12.3 Å². The second-order valence-electron chi connectivity index (χ2n) is 5.65. The minimum Gasteiger partial charge on any atom is -0.481 e. The summed E-state index contributed by atoms with van der Waals surface area (Å²) in [4.78, 5) is 30.2. The van der Waals surface area contributed by atoms with Crippen LogP contribution in [-0.4, -0.2) is 33.9 Å². The van der Waals surface area contributed by atoms with Gasteiger partial charge in [0.25, 0.3) is 0 Å². The zero-order chi connectivity index (χ0) is 14.4. The minimum atomic E-state index is -0.884. The van der Waals surface area contributed by atoms with Crippen LogP contribution in [0, 0.1) is 24.2 Å². The van der Waals surface area contributed by atoms with Crippen LogP contribution in [0.3, 0.4) is 0 Å². The molecular weight excluding hydrogens is 264 g/mol. The largest absolute Gasteiger partial charge is 0.481 e. The lowest BCUT2D eigenvalue weighted by atomic mass is 10.1. The zero-order valence-corrected chi connectivity index (χ0v) is 12.3. The molecule has 1 aromatic rings. The van der Waals surface area contributed by atoms with Gasteiger partial charge in [0.1, 0.15) is 0 Å². The topological polar surface area (TPSA) is 70.5 Å². The first-order valence-corrected chi connectivity index (χ1v) is 6.96. The molecule has 1 N–H and O–H groups in total. The molecule has 1 heterocycles. The lowest BCUT2D eigenvalue weighted by molar-refractivity contribution is -0.141. The molecule has 2 atom stereocenters. The Hall–Kier alpha value is -1.43. The standard InChI is InChI=1S/C13H18N2O3S/c1-7-14-5-8(19-7)6-15(4)11(16)9-10(12(17)18)13(9,2)3/h5,9-10H,6H2,1-4H3,(H,17,18)/t9-,10+/m1/s1. The van der Waals surface area contributed by atoms with Crippen LogP contribution in [-0.2, 0) is 16.1 Å². The molecule has 5 nitrogen and oxygen atoms in total. The van der Waals surface area contributed by atoms with E-state index in [1.807, 2.05) is 20.8 Å². The SMILES string of the molecule is Cc1ncc(CN(C)C(=O)[C@H]2[C@@H](C(=O)O)C2(C)C)s1. The van der Waals surface area contributed by atoms with E-state index in [9.17, 15) is 9.59 Å². The fourth-order valence-electron chi connectivity index (χ4n) is 2.59. The van der Waals surface area contributed by atoms with E-state index in [0.717, 1.165) is 9.88 Å². The molecule has 0 aromatic carbocycles. The Kier molecular flexibility index (Phi) is 3.38. The van der Waals surface area contributed by atoms with E-state index in [1.54, 1.807) is 29.5 Å². The van der Waals surface area contributed by atoms with Crippen LogP contribution in [0.4, 0.5) is 0 Å². The second-order valence-corrected chi connectivity index (χ2v) is 6.97. The normalized spacial score (nSPS) is 24.0. The summed E-state index contributed by atoms with van der Waals surface area (Å²) in [7, 11) is 1.71. The molecule has 0 aliphatic heterocycles. The maximum Gasteiger partial charge on any atom is 0.307 e. The van der Waals surface area contributed by atoms with Gasteiger partial charge in [0, 0.05) is 18.1 Å². The van der Waals surface area contributed by atoms with Crippen molar-refractivity contribution in [3.05, 3.63) is 16.1 Å². The van der Waals surface area contributed by atoms with E-state index in [0.29, 0.717) is 6.54 Å². The Bertz CT molecular complexity index is 524. The summed E-state index contributed by atoms with van der Waals surface area (Å²) in [5.41, 5.74) is -0.444. The molecule has 1 aliphatic carbocycles. The third-order valence-electron chi connectivity index (χ3n) is 3.80. The Morgan fingerprint density at radius 2 is 2.11 bits per heavy atom. The van der Waals surface area contributed by atoms with Gasteiger partial charge in [-0.25, -0.2) is 4.98 Å². The summed E-state index contributed by atoms with van der Waals surface area (Å²) in [6, 6.07) is 0. The average molecular weight is 282 g/mol. The molecule has 1 saturated carbocycles. The lowest BCUT2D eigenvalue weighted by Gasteiger charge is -2.16. The van der Waals surface area contributed by atoms with Gasteiger partial charge < -0.3 is 10.0 Å². The van der Waals surface area contributed by atoms with Gasteiger partial charge in [-0.3, -0.25) is 9.59 Å². The molecule has 6 heteroatoms. The number of thiazole rings is 1. The van der Waals surface area contributed by atoms with Crippen molar-refractivity contribution >= 4 is 23.2 Å². The molecule has 1 aromatic heterocycles. The predicted octanol–water partition coefficient (Wildman–Crippen LogP) is 1.77. The molecule has 1 fully saturated rings. The molecule has 0 spiro atoms. The van der Waals surface area contributed by atoms with Crippen LogP contribution >= 0.6 is 11.3 Å². The first kappa shape index (κ1) is 14.0. The number of amides is 1. The summed E-state index contributed by atoms with van der Waals surface area (Å²) in [6.07, 6.45) is 1.76. The molecule has 19 heavy (non-hydrogen) atoms. The summed E-state index contributed by atoms with van der Waals surface area (Å²) in [5.74, 6) is -1.96. The summed E-state index contributed by atoms with van der Waals surface area (Å²) in [5, 5.41) is 10.1. The lowest BCUT2D eigenvalue weighted by Crippen LogP contribution is -2.29. The Labute approximate surface area is 116 Å². The highest BCUT2D eigenvalue weighted by Crippen LogP contribution is 2.59. The van der Waals surface area contributed by atoms with Crippen molar-refractivity contribution in [1.82, 2.24) is 9.88 Å². The first-order chi connectivity index (χ1) is 8.75. The van der Waals surface area contributed by atoms with Crippen LogP contribution in [0.1, 0.15) is 23.7 Å². The number of carboxylic acids is 1. The molecular formula is C13H18N2O3S. The average Bonchev–Trinajstić information content (AvgIpc) is 2.63. The third-order valence-corrected chi connectivity index (χ3v) is 4.70. The zero-order valence-electron chi connectivity index (χ0n) is 11.5. The van der Waals surface area contributed by atoms with Gasteiger partial charge in [-0.2, -0.15) is 0 Å². The highest BCUT2D eigenvalue weighted by Gasteiger charge is 2.66. The van der Waals surface area contributed by atoms with Crippen LogP contribution in [0.5, 0.6) is 0 Å². The van der Waals surface area contributed by atoms with Crippen molar-refractivity contribution in [2.75, 3.05) is 7.05 Å². The highest BCUT2D eigenvalue weighted by atomic mass is 32.1. The van der Waals surface area contributed by atoms with Crippen molar-refractivity contribution in [2.45, 2.75) is 27.3 Å². The number of hydrogen-bond donors (Lipinski definition) is 1. The number of carbonyl (C=O) groups excluding carboxylic acids is 1. The predicted molar refractivity (Wildman–Crippen MR) is 71.7 cm³/mol. The van der Waals surface area contributed by atoms with Crippen molar-refractivity contribution in [3.8, 4) is 0 Å². The second kappa shape index (κ2) is 4.59. The molecule has 0 bridgehead atoms. The van der Waals surface area contributed by atoms with Crippen molar-refractivity contribution in [3.63, 3.8) is 0 Å². The maximum atomic E-state index is 12.3. The summed E-state index contributed by atoms with van der Waals surface area (Å²) >= 11 is 1.55. The van der Waals surface area contributed by atoms with Gasteiger partial charge in [0.05, 0.1) is 23.4 Å². The van der Waals surface area contributed by atoms with Gasteiger partial charge >= 0.3 is 5.97 Å². The van der Waals surface area contributed by atoms with Crippen LogP contribution in [0.15, 0.2) is 6.20 Å². The van der Waals surface area contributed by atoms with Gasteiger partial charge in [0.15, 0.2) is 0 Å². The fraction of sp³-hybridized carbons (Fsp3) is 0.615. The smallest absolute Gasteiger partial charge is 0.307 e. The van der Waals surface area contributed by atoms with E-state index < -0.39 is 23.2 Å². The number of carbonyl (C=O) groups is 2. The van der Waals surface area contributed by atoms with Crippen molar-refractivity contribution < 1.29 is 14.7 Å². The molecule has 1 aliphatic rings. The molecule has 1 amide bonds. The summed E-state index contributed by atoms with van der Waals surface area (Å²) < 4.78 is 0.